The summed E-state index contributed by atoms with van der Waals surface area (Å²) in [7, 11) is 0. The minimum atomic E-state index is -0.442. The zero-order chi connectivity index (χ0) is 22.5. The maximum atomic E-state index is 13.0. The van der Waals surface area contributed by atoms with Gasteiger partial charge in [-0.2, -0.15) is 0 Å². The Kier molecular flexibility index (Phi) is 4.83. The van der Waals surface area contributed by atoms with Crippen molar-refractivity contribution in [3.8, 4) is 0 Å². The Labute approximate surface area is 193 Å². The number of benzene rings is 3. The van der Waals surface area contributed by atoms with Crippen molar-refractivity contribution in [3.05, 3.63) is 107 Å². The SMILES string of the molecule is Cc1cccc2c1C1C(C2)C2CC1C(OC(=O)c1ccccc1)C2OC(=O)c1ccccc1. The van der Waals surface area contributed by atoms with Crippen molar-refractivity contribution in [1.82, 2.24) is 0 Å². The van der Waals surface area contributed by atoms with Gasteiger partial charge in [-0.25, -0.2) is 9.59 Å². The molecule has 3 aromatic rings. The smallest absolute Gasteiger partial charge is 0.338 e. The van der Waals surface area contributed by atoms with E-state index < -0.39 is 12.2 Å². The Morgan fingerprint density at radius 1 is 0.697 bits per heavy atom. The lowest BCUT2D eigenvalue weighted by atomic mass is 9.76. The fourth-order valence-electron chi connectivity index (χ4n) is 6.62. The summed E-state index contributed by atoms with van der Waals surface area (Å²) < 4.78 is 12.2. The zero-order valence-corrected chi connectivity index (χ0v) is 18.5. The average molecular weight is 439 g/mol. The number of fused-ring (bicyclic) bond motifs is 7. The monoisotopic (exact) mass is 438 g/mol. The molecule has 6 rings (SSSR count). The molecule has 0 aliphatic heterocycles. The molecule has 166 valence electrons. The summed E-state index contributed by atoms with van der Waals surface area (Å²) >= 11 is 0. The van der Waals surface area contributed by atoms with Crippen LogP contribution >= 0.6 is 0 Å². The summed E-state index contributed by atoms with van der Waals surface area (Å²) in [5.41, 5.74) is 5.16. The van der Waals surface area contributed by atoms with E-state index in [9.17, 15) is 9.59 Å². The number of hydrogen-bond donors (Lipinski definition) is 0. The lowest BCUT2D eigenvalue weighted by Crippen LogP contribution is -2.45. The minimum Gasteiger partial charge on any atom is -0.455 e. The van der Waals surface area contributed by atoms with Crippen LogP contribution in [0.3, 0.4) is 0 Å². The molecule has 3 aromatic carbocycles. The maximum absolute atomic E-state index is 13.0. The Hall–Kier alpha value is -3.40. The molecule has 2 bridgehead atoms. The van der Waals surface area contributed by atoms with E-state index in [1.54, 1.807) is 24.3 Å². The topological polar surface area (TPSA) is 52.6 Å². The van der Waals surface area contributed by atoms with E-state index in [0.29, 0.717) is 23.0 Å². The van der Waals surface area contributed by atoms with E-state index in [0.717, 1.165) is 12.8 Å². The second-order valence-corrected chi connectivity index (χ2v) is 9.58. The molecule has 33 heavy (non-hydrogen) atoms. The molecule has 0 aromatic heterocycles. The standard InChI is InChI=1S/C29H26O4/c1-17-9-8-14-20-15-21-22-16-23(25(21)24(17)20)27(33-29(31)19-12-6-3-7-13-19)26(22)32-28(30)18-10-4-2-5-11-18/h2-14,21-23,25-27H,15-16H2,1H3. The molecule has 0 spiro atoms. The van der Waals surface area contributed by atoms with Crippen LogP contribution in [0, 0.1) is 24.7 Å². The van der Waals surface area contributed by atoms with Crippen molar-refractivity contribution >= 4 is 11.9 Å². The second kappa shape index (κ2) is 7.87. The first kappa shape index (κ1) is 20.2. The molecule has 6 atom stereocenters. The number of esters is 2. The third kappa shape index (κ3) is 3.28. The number of aryl methyl sites for hydroxylation is 1. The van der Waals surface area contributed by atoms with E-state index in [2.05, 4.69) is 25.1 Å². The molecule has 3 aliphatic carbocycles. The maximum Gasteiger partial charge on any atom is 0.338 e. The minimum absolute atomic E-state index is 0.156. The highest BCUT2D eigenvalue weighted by Crippen LogP contribution is 2.63. The predicted molar refractivity (Wildman–Crippen MR) is 124 cm³/mol. The van der Waals surface area contributed by atoms with Crippen molar-refractivity contribution in [2.24, 2.45) is 17.8 Å². The summed E-state index contributed by atoms with van der Waals surface area (Å²) in [6.45, 7) is 2.17. The van der Waals surface area contributed by atoms with Gasteiger partial charge in [-0.1, -0.05) is 54.6 Å². The summed E-state index contributed by atoms with van der Waals surface area (Å²) in [5, 5.41) is 0. The van der Waals surface area contributed by atoms with Crippen molar-refractivity contribution in [3.63, 3.8) is 0 Å². The number of hydrogen-bond acceptors (Lipinski definition) is 4. The number of ether oxygens (including phenoxy) is 2. The highest BCUT2D eigenvalue weighted by Gasteiger charge is 2.63. The van der Waals surface area contributed by atoms with Crippen molar-refractivity contribution in [2.75, 3.05) is 0 Å². The van der Waals surface area contributed by atoms with Crippen molar-refractivity contribution in [1.29, 1.82) is 0 Å². The van der Waals surface area contributed by atoms with Crippen LogP contribution in [0.15, 0.2) is 78.9 Å². The summed E-state index contributed by atoms with van der Waals surface area (Å²) in [4.78, 5) is 26.0. The first-order valence-corrected chi connectivity index (χ1v) is 11.7. The van der Waals surface area contributed by atoms with Crippen LogP contribution < -0.4 is 0 Å². The van der Waals surface area contributed by atoms with Gasteiger partial charge >= 0.3 is 11.9 Å². The number of carbonyl (C=O) groups is 2. The van der Waals surface area contributed by atoms with E-state index in [1.807, 2.05) is 36.4 Å². The van der Waals surface area contributed by atoms with E-state index in [-0.39, 0.29) is 23.8 Å². The largest absolute Gasteiger partial charge is 0.455 e. The van der Waals surface area contributed by atoms with E-state index in [1.165, 1.54) is 16.7 Å². The van der Waals surface area contributed by atoms with Gasteiger partial charge in [0, 0.05) is 11.8 Å². The average Bonchev–Trinajstić information content (AvgIpc) is 3.50. The Morgan fingerprint density at radius 3 is 1.88 bits per heavy atom. The third-order valence-corrected chi connectivity index (χ3v) is 7.89. The van der Waals surface area contributed by atoms with Gasteiger partial charge < -0.3 is 9.47 Å². The fraction of sp³-hybridized carbons (Fsp3) is 0.310. The van der Waals surface area contributed by atoms with Gasteiger partial charge in [0.15, 0.2) is 0 Å². The molecular formula is C29H26O4. The predicted octanol–water partition coefficient (Wildman–Crippen LogP) is 5.35. The van der Waals surface area contributed by atoms with Gasteiger partial charge in [-0.15, -0.1) is 0 Å². The van der Waals surface area contributed by atoms with Crippen LogP contribution in [0.4, 0.5) is 0 Å². The first-order valence-electron chi connectivity index (χ1n) is 11.7. The van der Waals surface area contributed by atoms with Gasteiger partial charge in [-0.3, -0.25) is 0 Å². The molecule has 4 nitrogen and oxygen atoms in total. The molecule has 0 amide bonds. The summed E-state index contributed by atoms with van der Waals surface area (Å²) in [5.74, 6) is 0.417. The number of carbonyl (C=O) groups excluding carboxylic acids is 2. The molecule has 3 aliphatic rings. The normalized spacial score (nSPS) is 28.8. The van der Waals surface area contributed by atoms with Crippen LogP contribution in [0.1, 0.15) is 49.7 Å². The third-order valence-electron chi connectivity index (χ3n) is 7.89. The molecule has 2 saturated carbocycles. The van der Waals surface area contributed by atoms with E-state index >= 15 is 0 Å². The van der Waals surface area contributed by atoms with Gasteiger partial charge in [0.1, 0.15) is 12.2 Å². The summed E-state index contributed by atoms with van der Waals surface area (Å²) in [6, 6.07) is 24.6. The summed E-state index contributed by atoms with van der Waals surface area (Å²) in [6.07, 6.45) is 1.05. The molecule has 6 unspecified atom stereocenters. The van der Waals surface area contributed by atoms with Gasteiger partial charge in [0.05, 0.1) is 11.1 Å². The van der Waals surface area contributed by atoms with Crippen LogP contribution in [-0.4, -0.2) is 24.1 Å². The van der Waals surface area contributed by atoms with Gasteiger partial charge in [0.2, 0.25) is 0 Å². The molecular weight excluding hydrogens is 412 g/mol. The highest BCUT2D eigenvalue weighted by molar-refractivity contribution is 5.90. The Bertz CT molecular complexity index is 1200. The molecule has 4 heteroatoms. The molecule has 2 fully saturated rings. The quantitative estimate of drug-likeness (QED) is 0.515. The molecule has 0 saturated heterocycles. The van der Waals surface area contributed by atoms with Crippen LogP contribution in [0.5, 0.6) is 0 Å². The van der Waals surface area contributed by atoms with Crippen LogP contribution in [-0.2, 0) is 15.9 Å². The molecule has 0 N–H and O–H groups in total. The van der Waals surface area contributed by atoms with E-state index in [4.69, 9.17) is 9.47 Å². The second-order valence-electron chi connectivity index (χ2n) is 9.58. The van der Waals surface area contributed by atoms with Gasteiger partial charge in [0.25, 0.3) is 0 Å². The molecule has 0 heterocycles. The number of rotatable bonds is 4. The Balaban J connectivity index is 1.33. The van der Waals surface area contributed by atoms with Crippen molar-refractivity contribution in [2.45, 2.75) is 37.9 Å². The van der Waals surface area contributed by atoms with Crippen molar-refractivity contribution < 1.29 is 19.1 Å². The lowest BCUT2D eigenvalue weighted by Gasteiger charge is -2.37. The molecule has 0 radical (unpaired) electrons. The van der Waals surface area contributed by atoms with Crippen LogP contribution in [0.2, 0.25) is 0 Å². The Morgan fingerprint density at radius 2 is 1.27 bits per heavy atom. The fourth-order valence-corrected chi connectivity index (χ4v) is 6.62. The lowest BCUT2D eigenvalue weighted by molar-refractivity contribution is -0.0698. The van der Waals surface area contributed by atoms with Crippen LogP contribution in [0.25, 0.3) is 0 Å². The first-order chi connectivity index (χ1) is 16.1. The zero-order valence-electron chi connectivity index (χ0n) is 18.5. The van der Waals surface area contributed by atoms with Gasteiger partial charge in [-0.05, 0) is 72.6 Å². The highest BCUT2D eigenvalue weighted by atomic mass is 16.6.